The van der Waals surface area contributed by atoms with E-state index in [1.807, 2.05) is 24.5 Å². The molecule has 2 rings (SSSR count). The molecule has 1 heterocycles. The van der Waals surface area contributed by atoms with Crippen LogP contribution in [0, 0.1) is 6.92 Å². The van der Waals surface area contributed by atoms with Crippen molar-refractivity contribution >= 4 is 0 Å². The lowest BCUT2D eigenvalue weighted by Gasteiger charge is -2.21. The van der Waals surface area contributed by atoms with Gasteiger partial charge in [-0.2, -0.15) is 0 Å². The van der Waals surface area contributed by atoms with Crippen molar-refractivity contribution in [2.24, 2.45) is 0 Å². The molecule has 0 aliphatic heterocycles. The van der Waals surface area contributed by atoms with Crippen molar-refractivity contribution in [2.75, 3.05) is 13.7 Å². The zero-order chi connectivity index (χ0) is 15.1. The first-order valence-electron chi connectivity index (χ1n) is 7.51. The molecule has 1 N–H and O–H groups in total. The van der Waals surface area contributed by atoms with E-state index >= 15 is 0 Å². The van der Waals surface area contributed by atoms with Crippen molar-refractivity contribution in [3.63, 3.8) is 0 Å². The van der Waals surface area contributed by atoms with Crippen LogP contribution in [0.1, 0.15) is 36.1 Å². The van der Waals surface area contributed by atoms with Crippen molar-refractivity contribution in [1.29, 1.82) is 0 Å². The molecule has 0 aliphatic carbocycles. The summed E-state index contributed by atoms with van der Waals surface area (Å²) in [5.74, 6) is 0.907. The highest BCUT2D eigenvalue weighted by molar-refractivity contribution is 5.32. The van der Waals surface area contributed by atoms with Crippen LogP contribution in [-0.4, -0.2) is 18.6 Å². The number of pyridine rings is 1. The van der Waals surface area contributed by atoms with Crippen LogP contribution in [0.5, 0.6) is 5.75 Å². The fraction of sp³-hybridized carbons (Fsp3) is 0.389. The van der Waals surface area contributed by atoms with Gasteiger partial charge in [0, 0.05) is 18.4 Å². The Bertz CT molecular complexity index is 569. The highest BCUT2D eigenvalue weighted by Crippen LogP contribution is 2.23. The van der Waals surface area contributed by atoms with Crippen LogP contribution in [0.3, 0.4) is 0 Å². The number of hydrogen-bond acceptors (Lipinski definition) is 3. The summed E-state index contributed by atoms with van der Waals surface area (Å²) in [6, 6.07) is 10.6. The third kappa shape index (κ3) is 4.30. The van der Waals surface area contributed by atoms with Crippen LogP contribution in [0.25, 0.3) is 0 Å². The lowest BCUT2D eigenvalue weighted by molar-refractivity contribution is 0.413. The summed E-state index contributed by atoms with van der Waals surface area (Å²) in [4.78, 5) is 4.29. The van der Waals surface area contributed by atoms with E-state index in [0.717, 1.165) is 25.1 Å². The molecule has 3 heteroatoms. The number of ether oxygens (including phenoxy) is 1. The molecule has 0 amide bonds. The van der Waals surface area contributed by atoms with Gasteiger partial charge in [-0.15, -0.1) is 0 Å². The van der Waals surface area contributed by atoms with Crippen LogP contribution >= 0.6 is 0 Å². The molecule has 1 aromatic heterocycles. The molecule has 1 unspecified atom stereocenters. The van der Waals surface area contributed by atoms with Gasteiger partial charge in [0.2, 0.25) is 0 Å². The molecule has 0 fully saturated rings. The molecule has 21 heavy (non-hydrogen) atoms. The maximum absolute atomic E-state index is 5.31. The fourth-order valence-corrected chi connectivity index (χ4v) is 2.49. The fourth-order valence-electron chi connectivity index (χ4n) is 2.49. The Hall–Kier alpha value is -1.87. The van der Waals surface area contributed by atoms with Crippen LogP contribution in [0.2, 0.25) is 0 Å². The molecule has 112 valence electrons. The Labute approximate surface area is 127 Å². The quantitative estimate of drug-likeness (QED) is 0.842. The highest BCUT2D eigenvalue weighted by atomic mass is 16.5. The van der Waals surface area contributed by atoms with Gasteiger partial charge < -0.3 is 10.1 Å². The summed E-state index contributed by atoms with van der Waals surface area (Å²) in [5.41, 5.74) is 3.82. The number of rotatable bonds is 7. The zero-order valence-corrected chi connectivity index (χ0v) is 13.1. The van der Waals surface area contributed by atoms with Gasteiger partial charge in [-0.3, -0.25) is 4.98 Å². The van der Waals surface area contributed by atoms with Gasteiger partial charge in [0.05, 0.1) is 7.11 Å². The second-order valence-corrected chi connectivity index (χ2v) is 5.29. The minimum atomic E-state index is 0.283. The maximum atomic E-state index is 5.31. The first-order valence-corrected chi connectivity index (χ1v) is 7.51. The third-order valence-electron chi connectivity index (χ3n) is 3.67. The number of aromatic nitrogens is 1. The second-order valence-electron chi connectivity index (χ2n) is 5.29. The Morgan fingerprint density at radius 2 is 2.14 bits per heavy atom. The molecular formula is C18H24N2O. The van der Waals surface area contributed by atoms with Crippen molar-refractivity contribution in [3.8, 4) is 5.75 Å². The molecule has 0 radical (unpaired) electrons. The van der Waals surface area contributed by atoms with E-state index in [0.29, 0.717) is 0 Å². The van der Waals surface area contributed by atoms with Gasteiger partial charge >= 0.3 is 0 Å². The van der Waals surface area contributed by atoms with Gasteiger partial charge in [0.15, 0.2) is 0 Å². The number of nitrogens with zero attached hydrogens (tertiary/aromatic N) is 1. The van der Waals surface area contributed by atoms with Crippen molar-refractivity contribution in [3.05, 3.63) is 59.4 Å². The van der Waals surface area contributed by atoms with Crippen molar-refractivity contribution in [1.82, 2.24) is 10.3 Å². The van der Waals surface area contributed by atoms with Crippen LogP contribution < -0.4 is 10.1 Å². The standard InChI is InChI=1S/C18H24N2O/c1-4-9-20-18(17-13-19-10-8-14(17)2)12-15-6-5-7-16(11-15)21-3/h5-8,10-11,13,18,20H,4,9,12H2,1-3H3. The highest BCUT2D eigenvalue weighted by Gasteiger charge is 2.14. The lowest BCUT2D eigenvalue weighted by Crippen LogP contribution is -2.25. The van der Waals surface area contributed by atoms with E-state index in [4.69, 9.17) is 4.74 Å². The first-order chi connectivity index (χ1) is 10.2. The maximum Gasteiger partial charge on any atom is 0.119 e. The largest absolute Gasteiger partial charge is 0.497 e. The molecule has 0 saturated carbocycles. The zero-order valence-electron chi connectivity index (χ0n) is 13.1. The average Bonchev–Trinajstić information content (AvgIpc) is 2.52. The monoisotopic (exact) mass is 284 g/mol. The van der Waals surface area contributed by atoms with Gasteiger partial charge in [-0.25, -0.2) is 0 Å². The number of benzene rings is 1. The third-order valence-corrected chi connectivity index (χ3v) is 3.67. The summed E-state index contributed by atoms with van der Waals surface area (Å²) >= 11 is 0. The van der Waals surface area contributed by atoms with E-state index in [-0.39, 0.29) is 6.04 Å². The molecule has 1 aromatic carbocycles. The molecule has 2 aromatic rings. The Morgan fingerprint density at radius 3 is 2.86 bits per heavy atom. The normalized spacial score (nSPS) is 12.1. The number of nitrogens with one attached hydrogen (secondary N) is 1. The summed E-state index contributed by atoms with van der Waals surface area (Å²) in [6.07, 6.45) is 5.88. The summed E-state index contributed by atoms with van der Waals surface area (Å²) in [5, 5.41) is 3.63. The van der Waals surface area contributed by atoms with Crippen molar-refractivity contribution < 1.29 is 4.74 Å². The van der Waals surface area contributed by atoms with Crippen LogP contribution in [0.15, 0.2) is 42.7 Å². The number of hydrogen-bond donors (Lipinski definition) is 1. The number of methoxy groups -OCH3 is 1. The number of aryl methyl sites for hydroxylation is 1. The Balaban J connectivity index is 2.21. The van der Waals surface area contributed by atoms with E-state index in [1.54, 1.807) is 7.11 Å². The molecule has 1 atom stereocenters. The van der Waals surface area contributed by atoms with Crippen molar-refractivity contribution in [2.45, 2.75) is 32.7 Å². The van der Waals surface area contributed by atoms with Gasteiger partial charge in [0.25, 0.3) is 0 Å². The minimum absolute atomic E-state index is 0.283. The predicted molar refractivity (Wildman–Crippen MR) is 86.7 cm³/mol. The summed E-state index contributed by atoms with van der Waals surface area (Å²) in [6.45, 7) is 5.33. The van der Waals surface area contributed by atoms with Gasteiger partial charge in [0.1, 0.15) is 5.75 Å². The molecule has 0 bridgehead atoms. The predicted octanol–water partition coefficient (Wildman–Crippen LogP) is 3.68. The lowest BCUT2D eigenvalue weighted by atomic mass is 9.97. The van der Waals surface area contributed by atoms with E-state index in [2.05, 4.69) is 42.3 Å². The first kappa shape index (κ1) is 15.5. The van der Waals surface area contributed by atoms with E-state index in [1.165, 1.54) is 16.7 Å². The SMILES string of the molecule is CCCNC(Cc1cccc(OC)c1)c1cnccc1C. The second kappa shape index (κ2) is 7.79. The van der Waals surface area contributed by atoms with Gasteiger partial charge in [-0.1, -0.05) is 19.1 Å². The summed E-state index contributed by atoms with van der Waals surface area (Å²) < 4.78 is 5.31. The smallest absolute Gasteiger partial charge is 0.119 e. The molecule has 0 saturated heterocycles. The van der Waals surface area contributed by atoms with Gasteiger partial charge in [-0.05, 0) is 61.2 Å². The minimum Gasteiger partial charge on any atom is -0.497 e. The molecule has 0 aliphatic rings. The molecular weight excluding hydrogens is 260 g/mol. The molecule has 3 nitrogen and oxygen atoms in total. The van der Waals surface area contributed by atoms with E-state index < -0.39 is 0 Å². The Morgan fingerprint density at radius 1 is 1.29 bits per heavy atom. The molecule has 0 spiro atoms. The van der Waals surface area contributed by atoms with E-state index in [9.17, 15) is 0 Å². The Kier molecular flexibility index (Phi) is 5.76. The van der Waals surface area contributed by atoms with Crippen LogP contribution in [0.4, 0.5) is 0 Å². The average molecular weight is 284 g/mol. The summed E-state index contributed by atoms with van der Waals surface area (Å²) in [7, 11) is 1.71. The van der Waals surface area contributed by atoms with Crippen LogP contribution in [-0.2, 0) is 6.42 Å². The topological polar surface area (TPSA) is 34.1 Å².